The molecule has 1 rings (SSSR count). The number of carbonyl (C=O) groups excluding carboxylic acids is 4. The second-order valence-corrected chi connectivity index (χ2v) is 8.57. The number of ether oxygens (including phenoxy) is 3. The highest BCUT2D eigenvalue weighted by Crippen LogP contribution is 2.33. The lowest BCUT2D eigenvalue weighted by Gasteiger charge is -2.43. The van der Waals surface area contributed by atoms with Crippen LogP contribution in [-0.2, 0) is 28.6 Å². The Balaban J connectivity index is 3.07. The molecule has 172 valence electrons. The molecule has 0 spiro atoms. The minimum absolute atomic E-state index is 0.0606. The molecule has 1 unspecified atom stereocenters. The van der Waals surface area contributed by atoms with Gasteiger partial charge in [-0.1, -0.05) is 6.92 Å². The average Bonchev–Trinajstić information content (AvgIpc) is 2.66. The molecule has 1 atom stereocenters. The van der Waals surface area contributed by atoms with Crippen LogP contribution < -0.4 is 0 Å². The molecule has 2 amide bonds. The average molecular weight is 429 g/mol. The van der Waals surface area contributed by atoms with Crippen molar-refractivity contribution in [2.24, 2.45) is 5.41 Å². The van der Waals surface area contributed by atoms with E-state index in [1.165, 1.54) is 16.9 Å². The molecule has 1 fully saturated rings. The van der Waals surface area contributed by atoms with Crippen molar-refractivity contribution >= 4 is 23.9 Å². The van der Waals surface area contributed by atoms with Crippen LogP contribution in [0.5, 0.6) is 0 Å². The van der Waals surface area contributed by atoms with Crippen LogP contribution >= 0.6 is 0 Å². The SMILES string of the molecule is CCCN(CC1(C(=O)OC)CCCN(C(=O)OC(C)(C)C)C1)C(=O)CC(=O)OCC. The van der Waals surface area contributed by atoms with Gasteiger partial charge in [0.05, 0.1) is 13.7 Å². The lowest BCUT2D eigenvalue weighted by atomic mass is 9.79. The molecular formula is C21H36N2O7. The summed E-state index contributed by atoms with van der Waals surface area (Å²) in [6.45, 7) is 10.1. The fourth-order valence-corrected chi connectivity index (χ4v) is 3.57. The predicted octanol–water partition coefficient (Wildman–Crippen LogP) is 2.37. The Morgan fingerprint density at radius 1 is 1.13 bits per heavy atom. The number of carbonyl (C=O) groups is 4. The number of rotatable bonds is 8. The number of amides is 2. The first-order chi connectivity index (χ1) is 14.0. The molecule has 9 heteroatoms. The molecule has 1 aliphatic rings. The van der Waals surface area contributed by atoms with Gasteiger partial charge in [-0.2, -0.15) is 0 Å². The van der Waals surface area contributed by atoms with E-state index in [1.54, 1.807) is 27.7 Å². The number of methoxy groups -OCH3 is 1. The fourth-order valence-electron chi connectivity index (χ4n) is 3.57. The summed E-state index contributed by atoms with van der Waals surface area (Å²) in [6, 6.07) is 0. The summed E-state index contributed by atoms with van der Waals surface area (Å²) in [5, 5.41) is 0. The van der Waals surface area contributed by atoms with E-state index in [1.807, 2.05) is 6.92 Å². The number of hydrogen-bond acceptors (Lipinski definition) is 7. The molecule has 0 aromatic heterocycles. The van der Waals surface area contributed by atoms with Crippen molar-refractivity contribution in [2.45, 2.75) is 65.9 Å². The maximum atomic E-state index is 12.8. The fraction of sp³-hybridized carbons (Fsp3) is 0.810. The van der Waals surface area contributed by atoms with Crippen LogP contribution in [0.1, 0.15) is 60.3 Å². The summed E-state index contributed by atoms with van der Waals surface area (Å²) in [5.74, 6) is -1.50. The van der Waals surface area contributed by atoms with Gasteiger partial charge in [-0.05, 0) is 47.0 Å². The van der Waals surface area contributed by atoms with Crippen molar-refractivity contribution in [2.75, 3.05) is 39.9 Å². The van der Waals surface area contributed by atoms with Gasteiger partial charge in [0.2, 0.25) is 5.91 Å². The van der Waals surface area contributed by atoms with Crippen LogP contribution in [-0.4, -0.2) is 79.2 Å². The summed E-state index contributed by atoms with van der Waals surface area (Å²) >= 11 is 0. The zero-order chi connectivity index (χ0) is 22.9. The van der Waals surface area contributed by atoms with Crippen LogP contribution in [0.3, 0.4) is 0 Å². The highest BCUT2D eigenvalue weighted by molar-refractivity contribution is 5.94. The van der Waals surface area contributed by atoms with Gasteiger partial charge in [-0.3, -0.25) is 14.4 Å². The zero-order valence-electron chi connectivity index (χ0n) is 19.1. The Labute approximate surface area is 179 Å². The largest absolute Gasteiger partial charge is 0.468 e. The molecule has 0 aromatic carbocycles. The van der Waals surface area contributed by atoms with E-state index in [0.29, 0.717) is 32.4 Å². The lowest BCUT2D eigenvalue weighted by Crippen LogP contribution is -2.56. The van der Waals surface area contributed by atoms with Crippen molar-refractivity contribution in [1.82, 2.24) is 9.80 Å². The first-order valence-corrected chi connectivity index (χ1v) is 10.5. The van der Waals surface area contributed by atoms with E-state index in [-0.39, 0.29) is 26.1 Å². The minimum Gasteiger partial charge on any atom is -0.468 e. The summed E-state index contributed by atoms with van der Waals surface area (Å²) in [4.78, 5) is 52.9. The molecule has 1 aliphatic heterocycles. The topological polar surface area (TPSA) is 102 Å². The molecule has 0 saturated carbocycles. The van der Waals surface area contributed by atoms with Crippen molar-refractivity contribution in [3.05, 3.63) is 0 Å². The molecule has 1 saturated heterocycles. The highest BCUT2D eigenvalue weighted by atomic mass is 16.6. The van der Waals surface area contributed by atoms with Crippen LogP contribution in [0.15, 0.2) is 0 Å². The monoisotopic (exact) mass is 428 g/mol. The van der Waals surface area contributed by atoms with Gasteiger partial charge in [0.25, 0.3) is 0 Å². The number of nitrogens with zero attached hydrogens (tertiary/aromatic N) is 2. The van der Waals surface area contributed by atoms with Gasteiger partial charge in [0.15, 0.2) is 0 Å². The van der Waals surface area contributed by atoms with Crippen molar-refractivity contribution in [3.8, 4) is 0 Å². The molecule has 30 heavy (non-hydrogen) atoms. The first kappa shape index (κ1) is 25.7. The number of esters is 2. The Bertz CT molecular complexity index is 629. The van der Waals surface area contributed by atoms with E-state index in [4.69, 9.17) is 14.2 Å². The predicted molar refractivity (Wildman–Crippen MR) is 110 cm³/mol. The van der Waals surface area contributed by atoms with E-state index < -0.39 is 35.0 Å². The molecule has 1 heterocycles. The second kappa shape index (κ2) is 11.2. The minimum atomic E-state index is -1.08. The van der Waals surface area contributed by atoms with Crippen molar-refractivity contribution < 1.29 is 33.4 Å². The number of likely N-dealkylation sites (tertiary alicyclic amines) is 1. The van der Waals surface area contributed by atoms with E-state index in [2.05, 4.69) is 0 Å². The zero-order valence-corrected chi connectivity index (χ0v) is 19.1. The number of piperidine rings is 1. The smallest absolute Gasteiger partial charge is 0.410 e. The van der Waals surface area contributed by atoms with E-state index in [0.717, 1.165) is 0 Å². The summed E-state index contributed by atoms with van der Waals surface area (Å²) in [5.41, 5.74) is -1.74. The van der Waals surface area contributed by atoms with Crippen LogP contribution in [0, 0.1) is 5.41 Å². The quantitative estimate of drug-likeness (QED) is 0.332. The van der Waals surface area contributed by atoms with Crippen LogP contribution in [0.2, 0.25) is 0 Å². The van der Waals surface area contributed by atoms with Gasteiger partial charge in [0.1, 0.15) is 17.4 Å². The van der Waals surface area contributed by atoms with E-state index >= 15 is 0 Å². The third-order valence-corrected chi connectivity index (χ3v) is 4.79. The second-order valence-electron chi connectivity index (χ2n) is 8.57. The van der Waals surface area contributed by atoms with Crippen LogP contribution in [0.25, 0.3) is 0 Å². The number of hydrogen-bond donors (Lipinski definition) is 0. The van der Waals surface area contributed by atoms with Gasteiger partial charge in [0, 0.05) is 26.2 Å². The molecule has 0 aliphatic carbocycles. The third-order valence-electron chi connectivity index (χ3n) is 4.79. The summed E-state index contributed by atoms with van der Waals surface area (Å²) < 4.78 is 15.4. The highest BCUT2D eigenvalue weighted by Gasteiger charge is 2.47. The van der Waals surface area contributed by atoms with Crippen molar-refractivity contribution in [3.63, 3.8) is 0 Å². The van der Waals surface area contributed by atoms with Gasteiger partial charge in [-0.25, -0.2) is 4.79 Å². The molecule has 0 aromatic rings. The molecule has 9 nitrogen and oxygen atoms in total. The standard InChI is InChI=1S/C21H36N2O7/c1-7-11-22(16(24)13-17(25)29-8-2)14-21(18(26)28-6)10-9-12-23(15-21)19(27)30-20(3,4)5/h7-15H2,1-6H3. The van der Waals surface area contributed by atoms with Gasteiger partial charge >= 0.3 is 18.0 Å². The third kappa shape index (κ3) is 7.50. The summed E-state index contributed by atoms with van der Waals surface area (Å²) in [7, 11) is 1.29. The van der Waals surface area contributed by atoms with E-state index in [9.17, 15) is 19.2 Å². The molecular weight excluding hydrogens is 392 g/mol. The molecule has 0 radical (unpaired) electrons. The van der Waals surface area contributed by atoms with Gasteiger partial charge < -0.3 is 24.0 Å². The Morgan fingerprint density at radius 3 is 2.33 bits per heavy atom. The maximum absolute atomic E-state index is 12.8. The lowest BCUT2D eigenvalue weighted by molar-refractivity contribution is -0.159. The maximum Gasteiger partial charge on any atom is 0.410 e. The van der Waals surface area contributed by atoms with Crippen LogP contribution in [0.4, 0.5) is 4.79 Å². The Morgan fingerprint density at radius 2 is 1.80 bits per heavy atom. The Hall–Kier alpha value is -2.32. The van der Waals surface area contributed by atoms with Crippen molar-refractivity contribution in [1.29, 1.82) is 0 Å². The Kier molecular flexibility index (Phi) is 9.58. The molecule has 0 bridgehead atoms. The summed E-state index contributed by atoms with van der Waals surface area (Å²) in [6.07, 6.45) is 0.796. The normalized spacial score (nSPS) is 19.1. The molecule has 0 N–H and O–H groups in total. The van der Waals surface area contributed by atoms with Gasteiger partial charge in [-0.15, -0.1) is 0 Å². The first-order valence-electron chi connectivity index (χ1n) is 10.5.